The number of aryl methyl sites for hydroxylation is 3. The van der Waals surface area contributed by atoms with Crippen molar-refractivity contribution in [1.29, 1.82) is 0 Å². The van der Waals surface area contributed by atoms with E-state index < -0.39 is 4.92 Å². The summed E-state index contributed by atoms with van der Waals surface area (Å²) < 4.78 is 1.76. The number of aromatic nitrogens is 3. The highest BCUT2D eigenvalue weighted by Crippen LogP contribution is 2.21. The van der Waals surface area contributed by atoms with Gasteiger partial charge in [-0.2, -0.15) is 5.10 Å². The Morgan fingerprint density at radius 2 is 1.83 bits per heavy atom. The first kappa shape index (κ1) is 15.9. The molecule has 0 radical (unpaired) electrons. The lowest BCUT2D eigenvalue weighted by atomic mass is 10.00. The topological polar surface area (TPSA) is 73.8 Å². The van der Waals surface area contributed by atoms with Crippen molar-refractivity contribution in [1.82, 2.24) is 14.8 Å². The summed E-state index contributed by atoms with van der Waals surface area (Å²) in [6, 6.07) is 10.7. The van der Waals surface area contributed by atoms with Crippen LogP contribution in [-0.2, 0) is 6.54 Å². The van der Waals surface area contributed by atoms with Crippen molar-refractivity contribution < 1.29 is 4.92 Å². The van der Waals surface area contributed by atoms with E-state index >= 15 is 0 Å². The Hall–Kier alpha value is -3.02. The highest BCUT2D eigenvalue weighted by Gasteiger charge is 2.11. The molecule has 0 spiro atoms. The molecule has 3 aromatic rings. The summed E-state index contributed by atoms with van der Waals surface area (Å²) in [5.41, 5.74) is 5.58. The minimum Gasteiger partial charge on any atom is -0.258 e. The third-order valence-electron chi connectivity index (χ3n) is 4.01. The first-order chi connectivity index (χ1) is 11.4. The maximum absolute atomic E-state index is 10.9. The van der Waals surface area contributed by atoms with E-state index in [9.17, 15) is 10.1 Å². The van der Waals surface area contributed by atoms with Gasteiger partial charge in [-0.3, -0.25) is 10.1 Å². The summed E-state index contributed by atoms with van der Waals surface area (Å²) >= 11 is 0. The lowest BCUT2D eigenvalue weighted by Crippen LogP contribution is -2.05. The quantitative estimate of drug-likeness (QED) is 0.540. The molecule has 24 heavy (non-hydrogen) atoms. The second-order valence-electron chi connectivity index (χ2n) is 5.95. The Balaban J connectivity index is 1.89. The monoisotopic (exact) mass is 322 g/mol. The molecule has 0 saturated heterocycles. The molecule has 0 atom stereocenters. The van der Waals surface area contributed by atoms with Crippen molar-refractivity contribution in [3.05, 3.63) is 75.1 Å². The summed E-state index contributed by atoms with van der Waals surface area (Å²) in [5.74, 6) is 0.487. The van der Waals surface area contributed by atoms with Crippen LogP contribution in [0.2, 0.25) is 0 Å². The number of nitrogens with zero attached hydrogens (tertiary/aromatic N) is 4. The van der Waals surface area contributed by atoms with Crippen LogP contribution < -0.4 is 0 Å². The molecule has 0 unspecified atom stereocenters. The Morgan fingerprint density at radius 3 is 2.50 bits per heavy atom. The molecule has 0 aliphatic rings. The largest absolute Gasteiger partial charge is 0.270 e. The molecule has 122 valence electrons. The van der Waals surface area contributed by atoms with Gasteiger partial charge in [-0.25, -0.2) is 9.67 Å². The summed E-state index contributed by atoms with van der Waals surface area (Å²) in [5, 5.41) is 15.4. The van der Waals surface area contributed by atoms with Crippen LogP contribution in [0.4, 0.5) is 5.69 Å². The highest BCUT2D eigenvalue weighted by molar-refractivity contribution is 5.58. The maximum atomic E-state index is 10.9. The Morgan fingerprint density at radius 1 is 1.12 bits per heavy atom. The van der Waals surface area contributed by atoms with Crippen LogP contribution >= 0.6 is 0 Å². The zero-order chi connectivity index (χ0) is 17.3. The lowest BCUT2D eigenvalue weighted by molar-refractivity contribution is -0.384. The smallest absolute Gasteiger partial charge is 0.258 e. The molecule has 1 heterocycles. The van der Waals surface area contributed by atoms with Crippen molar-refractivity contribution >= 4 is 5.69 Å². The van der Waals surface area contributed by atoms with Gasteiger partial charge >= 0.3 is 0 Å². The number of nitro groups is 1. The van der Waals surface area contributed by atoms with Crippen LogP contribution in [0.15, 0.2) is 42.7 Å². The standard InChI is InChI=1S/C18H18N4O2/c1-12-7-13(2)17(14(3)8-12)10-21-11-19-18(20-21)15-5-4-6-16(9-15)22(23)24/h4-9,11H,10H2,1-3H3. The number of non-ortho nitro benzene ring substituents is 1. The molecule has 1 aromatic heterocycles. The first-order valence-electron chi connectivity index (χ1n) is 7.65. The fraction of sp³-hybridized carbons (Fsp3) is 0.222. The van der Waals surface area contributed by atoms with Gasteiger partial charge in [0.15, 0.2) is 5.82 Å². The highest BCUT2D eigenvalue weighted by atomic mass is 16.6. The number of benzene rings is 2. The zero-order valence-corrected chi connectivity index (χ0v) is 13.9. The predicted octanol–water partition coefficient (Wildman–Crippen LogP) is 3.83. The molecule has 0 bridgehead atoms. The minimum absolute atomic E-state index is 0.0362. The molecule has 0 saturated carbocycles. The van der Waals surface area contributed by atoms with Crippen molar-refractivity contribution in [2.75, 3.05) is 0 Å². The van der Waals surface area contributed by atoms with Gasteiger partial charge in [-0.15, -0.1) is 0 Å². The molecule has 2 aromatic carbocycles. The second kappa shape index (κ2) is 6.23. The third-order valence-corrected chi connectivity index (χ3v) is 4.01. The predicted molar refractivity (Wildman–Crippen MR) is 91.9 cm³/mol. The molecule has 6 heteroatoms. The van der Waals surface area contributed by atoms with Gasteiger partial charge in [0.05, 0.1) is 11.5 Å². The number of hydrogen-bond donors (Lipinski definition) is 0. The Labute approximate surface area is 139 Å². The number of hydrogen-bond acceptors (Lipinski definition) is 4. The van der Waals surface area contributed by atoms with Gasteiger partial charge < -0.3 is 0 Å². The summed E-state index contributed by atoms with van der Waals surface area (Å²) in [6.07, 6.45) is 1.66. The third kappa shape index (κ3) is 3.17. The van der Waals surface area contributed by atoms with E-state index in [2.05, 4.69) is 43.0 Å². The molecular weight excluding hydrogens is 304 g/mol. The van der Waals surface area contributed by atoms with Crippen molar-refractivity contribution in [3.8, 4) is 11.4 Å². The normalized spacial score (nSPS) is 10.8. The van der Waals surface area contributed by atoms with Gasteiger partial charge in [0.1, 0.15) is 6.33 Å². The van der Waals surface area contributed by atoms with E-state index in [1.54, 1.807) is 23.1 Å². The fourth-order valence-corrected chi connectivity index (χ4v) is 2.88. The van der Waals surface area contributed by atoms with Crippen molar-refractivity contribution in [3.63, 3.8) is 0 Å². The molecule has 0 amide bonds. The van der Waals surface area contributed by atoms with Crippen LogP contribution in [-0.4, -0.2) is 19.7 Å². The number of nitro benzene ring substituents is 1. The van der Waals surface area contributed by atoms with Gasteiger partial charge in [0, 0.05) is 17.7 Å². The second-order valence-corrected chi connectivity index (χ2v) is 5.95. The lowest BCUT2D eigenvalue weighted by Gasteiger charge is -2.11. The molecule has 0 aliphatic carbocycles. The van der Waals surface area contributed by atoms with Gasteiger partial charge in [0.25, 0.3) is 5.69 Å². The Bertz CT molecular complexity index is 892. The van der Waals surface area contributed by atoms with Crippen molar-refractivity contribution in [2.45, 2.75) is 27.3 Å². The van der Waals surface area contributed by atoms with E-state index in [1.807, 2.05) is 0 Å². The van der Waals surface area contributed by atoms with Gasteiger partial charge in [-0.05, 0) is 37.5 Å². The van der Waals surface area contributed by atoms with Crippen LogP contribution in [0.5, 0.6) is 0 Å². The molecule has 0 fully saturated rings. The van der Waals surface area contributed by atoms with E-state index in [1.165, 1.54) is 34.4 Å². The zero-order valence-electron chi connectivity index (χ0n) is 13.9. The van der Waals surface area contributed by atoms with Crippen molar-refractivity contribution in [2.24, 2.45) is 0 Å². The van der Waals surface area contributed by atoms with E-state index in [4.69, 9.17) is 0 Å². The van der Waals surface area contributed by atoms with Crippen LogP contribution in [0.3, 0.4) is 0 Å². The van der Waals surface area contributed by atoms with Crippen LogP contribution in [0.25, 0.3) is 11.4 Å². The number of rotatable bonds is 4. The van der Waals surface area contributed by atoms with E-state index in [0.717, 1.165) is 0 Å². The molecular formula is C18H18N4O2. The van der Waals surface area contributed by atoms with Crippen LogP contribution in [0.1, 0.15) is 22.3 Å². The molecule has 0 aliphatic heterocycles. The average molecular weight is 322 g/mol. The van der Waals surface area contributed by atoms with Crippen LogP contribution in [0, 0.1) is 30.9 Å². The maximum Gasteiger partial charge on any atom is 0.270 e. The van der Waals surface area contributed by atoms with E-state index in [-0.39, 0.29) is 5.69 Å². The van der Waals surface area contributed by atoms with E-state index in [0.29, 0.717) is 17.9 Å². The summed E-state index contributed by atoms with van der Waals surface area (Å²) in [6.45, 7) is 6.89. The average Bonchev–Trinajstić information content (AvgIpc) is 2.99. The summed E-state index contributed by atoms with van der Waals surface area (Å²) in [4.78, 5) is 14.8. The Kier molecular flexibility index (Phi) is 4.12. The minimum atomic E-state index is -0.417. The SMILES string of the molecule is Cc1cc(C)c(Cn2cnc(-c3cccc([N+](=O)[O-])c3)n2)c(C)c1. The first-order valence-corrected chi connectivity index (χ1v) is 7.65. The van der Waals surface area contributed by atoms with Gasteiger partial charge in [0.2, 0.25) is 0 Å². The molecule has 3 rings (SSSR count). The van der Waals surface area contributed by atoms with Gasteiger partial charge in [-0.1, -0.05) is 29.8 Å². The molecule has 0 N–H and O–H groups in total. The molecule has 6 nitrogen and oxygen atoms in total. The fourth-order valence-electron chi connectivity index (χ4n) is 2.88. The summed E-state index contributed by atoms with van der Waals surface area (Å²) in [7, 11) is 0.